The summed E-state index contributed by atoms with van der Waals surface area (Å²) in [5.74, 6) is 0.514. The molecule has 8 heteroatoms. The van der Waals surface area contributed by atoms with Gasteiger partial charge in [0.05, 0.1) is 19.3 Å². The van der Waals surface area contributed by atoms with Crippen LogP contribution in [0.1, 0.15) is 28.2 Å². The van der Waals surface area contributed by atoms with E-state index >= 15 is 0 Å². The third-order valence-electron chi connectivity index (χ3n) is 6.22. The molecule has 1 aromatic heterocycles. The van der Waals surface area contributed by atoms with Crippen molar-refractivity contribution in [2.45, 2.75) is 18.9 Å². The fraction of sp³-hybridized carbons (Fsp3) is 0.647. The lowest BCUT2D eigenvalue weighted by atomic mass is 9.65. The van der Waals surface area contributed by atoms with Crippen LogP contribution in [0.25, 0.3) is 6.08 Å². The second-order valence-corrected chi connectivity index (χ2v) is 7.59. The Kier molecular flexibility index (Phi) is 3.41. The summed E-state index contributed by atoms with van der Waals surface area (Å²) < 4.78 is 11.2. The van der Waals surface area contributed by atoms with Crippen molar-refractivity contribution >= 4 is 12.0 Å². The van der Waals surface area contributed by atoms with Crippen molar-refractivity contribution in [3.8, 4) is 0 Å². The summed E-state index contributed by atoms with van der Waals surface area (Å²) in [6.07, 6.45) is 3.87. The van der Waals surface area contributed by atoms with Crippen LogP contribution in [0.2, 0.25) is 0 Å². The van der Waals surface area contributed by atoms with Gasteiger partial charge in [-0.15, -0.1) is 0 Å². The van der Waals surface area contributed by atoms with Gasteiger partial charge >= 0.3 is 0 Å². The van der Waals surface area contributed by atoms with Crippen LogP contribution < -0.4 is 16.4 Å². The molecule has 0 saturated carbocycles. The average Bonchev–Trinajstić information content (AvgIpc) is 3.04. The van der Waals surface area contributed by atoms with E-state index in [-0.39, 0.29) is 11.1 Å². The number of nitrogens with one attached hydrogen (secondary N) is 2. The van der Waals surface area contributed by atoms with Gasteiger partial charge in [0.15, 0.2) is 11.5 Å². The van der Waals surface area contributed by atoms with Crippen molar-refractivity contribution in [3.05, 3.63) is 22.7 Å². The summed E-state index contributed by atoms with van der Waals surface area (Å²) in [6, 6.07) is 0.351. The maximum Gasteiger partial charge on any atom is 0.271 e. The van der Waals surface area contributed by atoms with Gasteiger partial charge < -0.3 is 30.5 Å². The van der Waals surface area contributed by atoms with Gasteiger partial charge in [0.1, 0.15) is 0 Å². The van der Waals surface area contributed by atoms with E-state index in [4.69, 9.17) is 15.0 Å². The molecule has 1 aromatic rings. The van der Waals surface area contributed by atoms with E-state index < -0.39 is 5.91 Å². The smallest absolute Gasteiger partial charge is 0.271 e. The lowest BCUT2D eigenvalue weighted by Crippen LogP contribution is -2.67. The number of fused-ring (bicyclic) bond motifs is 5. The average molecular weight is 345 g/mol. The summed E-state index contributed by atoms with van der Waals surface area (Å²) in [6.45, 7) is 5.20. The number of hydrogen-bond donors (Lipinski definition) is 3. The fourth-order valence-corrected chi connectivity index (χ4v) is 5.12. The number of carbonyl (C=O) groups excluding carboxylic acids is 1. The summed E-state index contributed by atoms with van der Waals surface area (Å²) in [5, 5.41) is 10.9. The Labute approximate surface area is 145 Å². The lowest BCUT2D eigenvalue weighted by molar-refractivity contribution is -0.0841. The molecule has 0 aromatic carbocycles. The molecule has 134 valence electrons. The molecule has 0 bridgehead atoms. The van der Waals surface area contributed by atoms with Crippen molar-refractivity contribution in [3.63, 3.8) is 0 Å². The first-order chi connectivity index (χ1) is 12.2. The molecule has 2 unspecified atom stereocenters. The first-order valence-electron chi connectivity index (χ1n) is 8.94. The van der Waals surface area contributed by atoms with E-state index in [1.165, 1.54) is 5.70 Å². The molecule has 25 heavy (non-hydrogen) atoms. The van der Waals surface area contributed by atoms with Crippen LogP contribution in [0.4, 0.5) is 0 Å². The van der Waals surface area contributed by atoms with E-state index in [1.807, 2.05) is 0 Å². The maximum atomic E-state index is 11.6. The Morgan fingerprint density at radius 3 is 3.04 bits per heavy atom. The number of rotatable bonds is 1. The van der Waals surface area contributed by atoms with E-state index in [0.29, 0.717) is 17.7 Å². The van der Waals surface area contributed by atoms with E-state index in [1.54, 1.807) is 0 Å². The second-order valence-electron chi connectivity index (χ2n) is 7.59. The highest BCUT2D eigenvalue weighted by Crippen LogP contribution is 2.48. The fourth-order valence-electron chi connectivity index (χ4n) is 5.12. The van der Waals surface area contributed by atoms with Gasteiger partial charge in [-0.05, 0) is 12.8 Å². The monoisotopic (exact) mass is 345 g/mol. The van der Waals surface area contributed by atoms with Crippen molar-refractivity contribution in [2.75, 3.05) is 39.5 Å². The van der Waals surface area contributed by atoms with Crippen LogP contribution in [-0.4, -0.2) is 61.5 Å². The van der Waals surface area contributed by atoms with Gasteiger partial charge in [-0.3, -0.25) is 4.79 Å². The summed E-state index contributed by atoms with van der Waals surface area (Å²) in [5.41, 5.74) is 8.03. The van der Waals surface area contributed by atoms with Gasteiger partial charge in [-0.2, -0.15) is 0 Å². The first kappa shape index (κ1) is 15.4. The molecule has 4 aliphatic rings. The minimum atomic E-state index is -0.516. The second kappa shape index (κ2) is 5.55. The SMILES string of the molecule is NC(=O)c1noc2c1CC1CC3(CNCNC3)C3COCCN3C1=C2. The van der Waals surface area contributed by atoms with Crippen LogP contribution in [-0.2, 0) is 11.2 Å². The zero-order valence-electron chi connectivity index (χ0n) is 14.1. The first-order valence-corrected chi connectivity index (χ1v) is 8.94. The molecule has 4 N–H and O–H groups in total. The highest BCUT2D eigenvalue weighted by Gasteiger charge is 2.52. The number of primary amides is 1. The summed E-state index contributed by atoms with van der Waals surface area (Å²) in [7, 11) is 0. The molecule has 8 nitrogen and oxygen atoms in total. The number of hydrogen-bond acceptors (Lipinski definition) is 7. The van der Waals surface area contributed by atoms with Crippen molar-refractivity contribution in [1.29, 1.82) is 0 Å². The van der Waals surface area contributed by atoms with Gasteiger partial charge in [0, 0.05) is 55.0 Å². The number of nitrogens with zero attached hydrogens (tertiary/aromatic N) is 2. The van der Waals surface area contributed by atoms with Crippen molar-refractivity contribution in [2.24, 2.45) is 17.1 Å². The molecule has 3 aliphatic heterocycles. The highest BCUT2D eigenvalue weighted by atomic mass is 16.5. The highest BCUT2D eigenvalue weighted by molar-refractivity contribution is 5.93. The van der Waals surface area contributed by atoms with Crippen LogP contribution in [0.3, 0.4) is 0 Å². The molecule has 5 rings (SSSR count). The number of morpholine rings is 1. The predicted molar refractivity (Wildman–Crippen MR) is 89.4 cm³/mol. The van der Waals surface area contributed by atoms with Crippen molar-refractivity contribution in [1.82, 2.24) is 20.7 Å². The van der Waals surface area contributed by atoms with Crippen molar-refractivity contribution < 1.29 is 14.1 Å². The predicted octanol–water partition coefficient (Wildman–Crippen LogP) is -0.472. The molecule has 4 heterocycles. The zero-order chi connectivity index (χ0) is 17.0. The number of amides is 1. The van der Waals surface area contributed by atoms with Gasteiger partial charge in [-0.25, -0.2) is 0 Å². The number of carbonyl (C=O) groups is 1. The number of ether oxygens (including phenoxy) is 1. The van der Waals surface area contributed by atoms with Gasteiger partial charge in [0.25, 0.3) is 5.91 Å². The molecule has 1 spiro atoms. The summed E-state index contributed by atoms with van der Waals surface area (Å²) in [4.78, 5) is 14.2. The van der Waals surface area contributed by atoms with E-state index in [9.17, 15) is 4.79 Å². The molecular weight excluding hydrogens is 322 g/mol. The van der Waals surface area contributed by atoms with Crippen LogP contribution >= 0.6 is 0 Å². The van der Waals surface area contributed by atoms with Gasteiger partial charge in [0.2, 0.25) is 0 Å². The Bertz CT molecular complexity index is 737. The molecular formula is C17H23N5O3. The maximum absolute atomic E-state index is 11.6. The number of allylic oxidation sites excluding steroid dienone is 1. The third kappa shape index (κ3) is 2.24. The largest absolute Gasteiger partial charge is 0.377 e. The number of nitrogens with two attached hydrogens (primary N) is 1. The Morgan fingerprint density at radius 2 is 2.24 bits per heavy atom. The minimum Gasteiger partial charge on any atom is -0.377 e. The molecule has 2 atom stereocenters. The standard InChI is InChI=1S/C17H23N5O3/c18-16(23)15-11-3-10-5-17(7-19-9-20-8-17)14-6-24-2-1-22(14)12(10)4-13(11)25-21-15/h4,10,14,19-20H,1-3,5-9H2,(H2,18,23). The molecule has 1 aliphatic carbocycles. The number of piperidine rings is 1. The third-order valence-corrected chi connectivity index (χ3v) is 6.22. The van der Waals surface area contributed by atoms with E-state index in [2.05, 4.69) is 26.8 Å². The Morgan fingerprint density at radius 1 is 1.40 bits per heavy atom. The lowest BCUT2D eigenvalue weighted by Gasteiger charge is -2.58. The topological polar surface area (TPSA) is 106 Å². The van der Waals surface area contributed by atoms with Crippen LogP contribution in [0.5, 0.6) is 0 Å². The summed E-state index contributed by atoms with van der Waals surface area (Å²) >= 11 is 0. The Balaban J connectivity index is 1.57. The number of aromatic nitrogens is 1. The molecule has 3 saturated heterocycles. The zero-order valence-corrected chi connectivity index (χ0v) is 14.1. The molecule has 0 radical (unpaired) electrons. The van der Waals surface area contributed by atoms with E-state index in [0.717, 1.165) is 57.9 Å². The minimum absolute atomic E-state index is 0.127. The Hall–Kier alpha value is -1.90. The van der Waals surface area contributed by atoms with Crippen LogP contribution in [0, 0.1) is 11.3 Å². The quantitative estimate of drug-likeness (QED) is 0.632. The molecule has 1 amide bonds. The normalized spacial score (nSPS) is 30.2. The molecule has 3 fully saturated rings. The van der Waals surface area contributed by atoms with Gasteiger partial charge in [-0.1, -0.05) is 5.16 Å². The van der Waals surface area contributed by atoms with Crippen LogP contribution in [0.15, 0.2) is 10.2 Å².